The van der Waals surface area contributed by atoms with Crippen LogP contribution in [0.1, 0.15) is 24.0 Å². The third kappa shape index (κ3) is 3.65. The molecule has 6 nitrogen and oxygen atoms in total. The molecule has 2 aromatic carbocycles. The van der Waals surface area contributed by atoms with Crippen LogP contribution in [-0.4, -0.2) is 36.2 Å². The van der Waals surface area contributed by atoms with Crippen molar-refractivity contribution >= 4 is 23.3 Å². The Kier molecular flexibility index (Phi) is 4.90. The number of benzene rings is 2. The van der Waals surface area contributed by atoms with Crippen molar-refractivity contribution in [1.29, 1.82) is 0 Å². The van der Waals surface area contributed by atoms with E-state index in [4.69, 9.17) is 5.73 Å². The molecule has 0 saturated carbocycles. The van der Waals surface area contributed by atoms with Gasteiger partial charge < -0.3 is 16.0 Å². The summed E-state index contributed by atoms with van der Waals surface area (Å²) in [5, 5.41) is 3.45. The minimum Gasteiger partial charge on any atom is -0.368 e. The Morgan fingerprint density at radius 1 is 1.04 bits per heavy atom. The number of aliphatic imine (C=N–C) groups is 2. The molecule has 0 bridgehead atoms. The SMILES string of the molecule is Cc1ccc(NC2N=C(N)N=C(N3CCCC3)N2c2ccc(F)cc2)cc1C. The largest absolute Gasteiger partial charge is 0.368 e. The molecule has 4 rings (SSSR count). The molecule has 0 radical (unpaired) electrons. The van der Waals surface area contributed by atoms with Crippen molar-refractivity contribution in [1.82, 2.24) is 4.90 Å². The van der Waals surface area contributed by atoms with Crippen LogP contribution in [0.25, 0.3) is 0 Å². The highest BCUT2D eigenvalue weighted by molar-refractivity contribution is 6.06. The molecule has 2 aliphatic rings. The molecule has 1 saturated heterocycles. The van der Waals surface area contributed by atoms with E-state index in [1.165, 1.54) is 23.3 Å². The fraction of sp³-hybridized carbons (Fsp3) is 0.333. The first kappa shape index (κ1) is 18.3. The van der Waals surface area contributed by atoms with E-state index in [-0.39, 0.29) is 11.8 Å². The third-order valence-electron chi connectivity index (χ3n) is 5.23. The molecule has 7 heteroatoms. The van der Waals surface area contributed by atoms with Gasteiger partial charge in [-0.3, -0.25) is 4.90 Å². The first-order valence-corrected chi connectivity index (χ1v) is 9.57. The Hall–Kier alpha value is -3.09. The summed E-state index contributed by atoms with van der Waals surface area (Å²) in [5.41, 5.74) is 10.2. The molecule has 0 spiro atoms. The van der Waals surface area contributed by atoms with Crippen molar-refractivity contribution < 1.29 is 4.39 Å². The molecule has 1 unspecified atom stereocenters. The molecule has 2 heterocycles. The number of halogens is 1. The average Bonchev–Trinajstić information content (AvgIpc) is 3.20. The third-order valence-corrected chi connectivity index (χ3v) is 5.23. The molecule has 2 aliphatic heterocycles. The number of nitrogens with two attached hydrogens (primary N) is 1. The fourth-order valence-corrected chi connectivity index (χ4v) is 3.55. The maximum absolute atomic E-state index is 13.5. The van der Waals surface area contributed by atoms with Crippen molar-refractivity contribution in [2.24, 2.45) is 15.7 Å². The van der Waals surface area contributed by atoms with Crippen LogP contribution in [0.15, 0.2) is 52.4 Å². The summed E-state index contributed by atoms with van der Waals surface area (Å²) >= 11 is 0. The topological polar surface area (TPSA) is 69.2 Å². The average molecular weight is 380 g/mol. The second-order valence-corrected chi connectivity index (χ2v) is 7.26. The highest BCUT2D eigenvalue weighted by atomic mass is 19.1. The number of anilines is 2. The highest BCUT2D eigenvalue weighted by Crippen LogP contribution is 2.26. The summed E-state index contributed by atoms with van der Waals surface area (Å²) in [6.45, 7) is 5.99. The minimum atomic E-state index is -0.472. The van der Waals surface area contributed by atoms with Crippen molar-refractivity contribution in [2.45, 2.75) is 33.0 Å². The van der Waals surface area contributed by atoms with E-state index >= 15 is 0 Å². The first-order valence-electron chi connectivity index (χ1n) is 9.57. The normalized spacial score (nSPS) is 19.5. The second-order valence-electron chi connectivity index (χ2n) is 7.26. The monoisotopic (exact) mass is 380 g/mol. The van der Waals surface area contributed by atoms with Gasteiger partial charge in [0.25, 0.3) is 0 Å². The molecule has 3 N–H and O–H groups in total. The fourth-order valence-electron chi connectivity index (χ4n) is 3.55. The summed E-state index contributed by atoms with van der Waals surface area (Å²) in [4.78, 5) is 13.3. The number of hydrogen-bond donors (Lipinski definition) is 2. The molecule has 1 atom stereocenters. The zero-order valence-electron chi connectivity index (χ0n) is 16.2. The summed E-state index contributed by atoms with van der Waals surface area (Å²) in [6.07, 6.45) is 1.76. The van der Waals surface area contributed by atoms with Gasteiger partial charge in [-0.15, -0.1) is 0 Å². The highest BCUT2D eigenvalue weighted by Gasteiger charge is 2.32. The molecule has 146 valence electrons. The van der Waals surface area contributed by atoms with E-state index in [0.29, 0.717) is 0 Å². The zero-order valence-corrected chi connectivity index (χ0v) is 16.2. The van der Waals surface area contributed by atoms with Gasteiger partial charge in [-0.2, -0.15) is 4.99 Å². The number of likely N-dealkylation sites (tertiary alicyclic amines) is 1. The van der Waals surface area contributed by atoms with Gasteiger partial charge in [-0.05, 0) is 74.2 Å². The summed E-state index contributed by atoms with van der Waals surface area (Å²) < 4.78 is 13.5. The number of rotatable bonds is 3. The molecule has 0 aromatic heterocycles. The van der Waals surface area contributed by atoms with E-state index in [2.05, 4.69) is 46.2 Å². The summed E-state index contributed by atoms with van der Waals surface area (Å²) in [5.74, 6) is 0.710. The van der Waals surface area contributed by atoms with E-state index in [1.54, 1.807) is 12.1 Å². The van der Waals surface area contributed by atoms with Gasteiger partial charge in [0.1, 0.15) is 5.82 Å². The number of guanidine groups is 2. The van der Waals surface area contributed by atoms with Crippen LogP contribution in [0.4, 0.5) is 15.8 Å². The van der Waals surface area contributed by atoms with E-state index in [1.807, 2.05) is 11.0 Å². The quantitative estimate of drug-likeness (QED) is 0.856. The van der Waals surface area contributed by atoms with Gasteiger partial charge >= 0.3 is 0 Å². The molecular weight excluding hydrogens is 355 g/mol. The minimum absolute atomic E-state index is 0.238. The lowest BCUT2D eigenvalue weighted by Crippen LogP contribution is -2.54. The lowest BCUT2D eigenvalue weighted by Gasteiger charge is -2.38. The van der Waals surface area contributed by atoms with Gasteiger partial charge in [-0.1, -0.05) is 6.07 Å². The van der Waals surface area contributed by atoms with Crippen LogP contribution in [0.5, 0.6) is 0 Å². The molecule has 0 aliphatic carbocycles. The van der Waals surface area contributed by atoms with Gasteiger partial charge in [0, 0.05) is 24.5 Å². The zero-order chi connectivity index (χ0) is 19.7. The standard InChI is InChI=1S/C21H25FN6/c1-14-5-8-17(13-15(14)2)24-20-25-19(23)26-21(27-11-3-4-12-27)28(20)18-9-6-16(22)7-10-18/h5-10,13,20,24H,3-4,11-12H2,1-2H3,(H2,23,25). The van der Waals surface area contributed by atoms with Crippen LogP contribution >= 0.6 is 0 Å². The van der Waals surface area contributed by atoms with Crippen molar-refractivity contribution in [3.63, 3.8) is 0 Å². The van der Waals surface area contributed by atoms with Gasteiger partial charge in [0.2, 0.25) is 18.2 Å². The molecule has 0 amide bonds. The predicted octanol–water partition coefficient (Wildman–Crippen LogP) is 3.42. The van der Waals surface area contributed by atoms with Gasteiger partial charge in [0.15, 0.2) is 0 Å². The smallest absolute Gasteiger partial charge is 0.222 e. The molecular formula is C21H25FN6. The predicted molar refractivity (Wildman–Crippen MR) is 112 cm³/mol. The Labute approximate surface area is 164 Å². The van der Waals surface area contributed by atoms with Gasteiger partial charge in [-0.25, -0.2) is 9.38 Å². The number of aryl methyl sites for hydroxylation is 2. The van der Waals surface area contributed by atoms with Crippen molar-refractivity contribution in [3.05, 3.63) is 59.4 Å². The summed E-state index contributed by atoms with van der Waals surface area (Å²) in [6, 6.07) is 12.6. The van der Waals surface area contributed by atoms with Gasteiger partial charge in [0.05, 0.1) is 0 Å². The number of nitrogens with one attached hydrogen (secondary N) is 1. The van der Waals surface area contributed by atoms with E-state index < -0.39 is 6.29 Å². The lowest BCUT2D eigenvalue weighted by molar-refractivity contribution is 0.497. The van der Waals surface area contributed by atoms with Crippen LogP contribution < -0.4 is 16.0 Å². The van der Waals surface area contributed by atoms with E-state index in [9.17, 15) is 4.39 Å². The number of hydrogen-bond acceptors (Lipinski definition) is 6. The van der Waals surface area contributed by atoms with Crippen LogP contribution in [0.3, 0.4) is 0 Å². The first-order chi connectivity index (χ1) is 13.5. The lowest BCUT2D eigenvalue weighted by atomic mass is 10.1. The molecule has 1 fully saturated rings. The Balaban J connectivity index is 1.72. The van der Waals surface area contributed by atoms with Crippen LogP contribution in [-0.2, 0) is 0 Å². The Bertz CT molecular complexity index is 915. The Morgan fingerprint density at radius 3 is 2.43 bits per heavy atom. The van der Waals surface area contributed by atoms with E-state index in [0.717, 1.165) is 43.3 Å². The molecule has 28 heavy (non-hydrogen) atoms. The van der Waals surface area contributed by atoms with Crippen LogP contribution in [0, 0.1) is 19.7 Å². The second kappa shape index (κ2) is 7.50. The molecule has 2 aromatic rings. The van der Waals surface area contributed by atoms with Crippen molar-refractivity contribution in [3.8, 4) is 0 Å². The number of nitrogens with zero attached hydrogens (tertiary/aromatic N) is 4. The maximum Gasteiger partial charge on any atom is 0.222 e. The summed E-state index contributed by atoms with van der Waals surface area (Å²) in [7, 11) is 0. The maximum atomic E-state index is 13.5. The van der Waals surface area contributed by atoms with Crippen molar-refractivity contribution in [2.75, 3.05) is 23.3 Å². The van der Waals surface area contributed by atoms with Crippen LogP contribution in [0.2, 0.25) is 0 Å². The Morgan fingerprint density at radius 2 is 1.75 bits per heavy atom.